The van der Waals surface area contributed by atoms with Gasteiger partial charge in [0.1, 0.15) is 6.61 Å². The lowest BCUT2D eigenvalue weighted by Crippen LogP contribution is -2.35. The van der Waals surface area contributed by atoms with Crippen molar-refractivity contribution in [1.29, 1.82) is 0 Å². The van der Waals surface area contributed by atoms with Gasteiger partial charge in [0.05, 0.1) is 17.7 Å². The number of nitrogens with zero attached hydrogens (tertiary/aromatic N) is 1. The number of fused-ring (bicyclic) bond motifs is 3. The summed E-state index contributed by atoms with van der Waals surface area (Å²) in [7, 11) is 0. The molecular formula is C28H26N2O5. The number of ether oxygens (including phenoxy) is 1. The largest absolute Gasteiger partial charge is 0.481 e. The van der Waals surface area contributed by atoms with Crippen molar-refractivity contribution in [2.24, 2.45) is 0 Å². The Morgan fingerprint density at radius 1 is 0.886 bits per heavy atom. The van der Waals surface area contributed by atoms with E-state index in [0.29, 0.717) is 11.3 Å². The van der Waals surface area contributed by atoms with Crippen LogP contribution in [-0.4, -0.2) is 47.2 Å². The average Bonchev–Trinajstić information content (AvgIpc) is 3.65. The van der Waals surface area contributed by atoms with Crippen molar-refractivity contribution < 1.29 is 24.2 Å². The molecule has 2 amide bonds. The monoisotopic (exact) mass is 470 g/mol. The van der Waals surface area contributed by atoms with Gasteiger partial charge in [-0.1, -0.05) is 60.7 Å². The Morgan fingerprint density at radius 2 is 1.49 bits per heavy atom. The predicted octanol–water partition coefficient (Wildman–Crippen LogP) is 5.13. The fraction of sp³-hybridized carbons (Fsp3) is 0.250. The first-order chi connectivity index (χ1) is 17.0. The highest BCUT2D eigenvalue weighted by molar-refractivity contribution is 6.03. The Bertz CT molecular complexity index is 1240. The lowest BCUT2D eigenvalue weighted by atomic mass is 9.98. The zero-order chi connectivity index (χ0) is 24.4. The molecule has 7 heteroatoms. The van der Waals surface area contributed by atoms with Gasteiger partial charge in [-0.15, -0.1) is 0 Å². The molecule has 0 heterocycles. The van der Waals surface area contributed by atoms with Gasteiger partial charge in [-0.2, -0.15) is 0 Å². The van der Waals surface area contributed by atoms with Crippen LogP contribution in [0.2, 0.25) is 0 Å². The Balaban J connectivity index is 1.28. The molecule has 0 saturated heterocycles. The molecule has 0 bridgehead atoms. The van der Waals surface area contributed by atoms with Crippen molar-refractivity contribution in [3.05, 3.63) is 89.5 Å². The molecule has 2 N–H and O–H groups in total. The molecule has 0 aromatic heterocycles. The molecule has 3 aromatic carbocycles. The Kier molecular flexibility index (Phi) is 6.23. The number of carbonyl (C=O) groups is 3. The summed E-state index contributed by atoms with van der Waals surface area (Å²) >= 11 is 0. The number of amides is 2. The van der Waals surface area contributed by atoms with Crippen molar-refractivity contribution >= 4 is 23.7 Å². The third-order valence-corrected chi connectivity index (χ3v) is 6.55. The number of aliphatic carboxylic acids is 1. The van der Waals surface area contributed by atoms with Crippen LogP contribution in [0.5, 0.6) is 0 Å². The summed E-state index contributed by atoms with van der Waals surface area (Å²) < 4.78 is 5.62. The number of hydrogen-bond acceptors (Lipinski definition) is 4. The van der Waals surface area contributed by atoms with Crippen LogP contribution in [0.15, 0.2) is 72.8 Å². The van der Waals surface area contributed by atoms with E-state index < -0.39 is 12.1 Å². The molecule has 0 atom stereocenters. The Labute approximate surface area is 203 Å². The topological polar surface area (TPSA) is 95.9 Å². The number of carboxylic acid groups (broad SMARTS) is 1. The van der Waals surface area contributed by atoms with Crippen LogP contribution in [-0.2, 0) is 9.53 Å². The van der Waals surface area contributed by atoms with Crippen LogP contribution in [0, 0.1) is 0 Å². The predicted molar refractivity (Wildman–Crippen MR) is 131 cm³/mol. The number of benzene rings is 3. The van der Waals surface area contributed by atoms with Gasteiger partial charge in [0.2, 0.25) is 0 Å². The normalized spacial score (nSPS) is 14.1. The molecule has 178 valence electrons. The quantitative estimate of drug-likeness (QED) is 0.476. The van der Waals surface area contributed by atoms with Crippen LogP contribution in [0.4, 0.5) is 10.5 Å². The minimum Gasteiger partial charge on any atom is -0.481 e. The highest BCUT2D eigenvalue weighted by atomic mass is 16.5. The van der Waals surface area contributed by atoms with Crippen LogP contribution in [0.3, 0.4) is 0 Å². The van der Waals surface area contributed by atoms with Crippen LogP contribution in [0.1, 0.15) is 46.7 Å². The molecule has 2 aliphatic carbocycles. The zero-order valence-electron chi connectivity index (χ0n) is 19.1. The highest BCUT2D eigenvalue weighted by Gasteiger charge is 2.34. The average molecular weight is 471 g/mol. The molecule has 0 unspecified atom stereocenters. The summed E-state index contributed by atoms with van der Waals surface area (Å²) in [6.45, 7) is 0.306. The first-order valence-electron chi connectivity index (χ1n) is 11.8. The van der Waals surface area contributed by atoms with Gasteiger partial charge in [-0.3, -0.25) is 14.9 Å². The second-order valence-corrected chi connectivity index (χ2v) is 8.87. The van der Waals surface area contributed by atoms with Crippen molar-refractivity contribution in [2.45, 2.75) is 31.2 Å². The van der Waals surface area contributed by atoms with E-state index >= 15 is 0 Å². The fourth-order valence-electron chi connectivity index (χ4n) is 4.73. The Hall–Kier alpha value is -4.13. The van der Waals surface area contributed by atoms with Crippen molar-refractivity contribution in [3.8, 4) is 11.1 Å². The van der Waals surface area contributed by atoms with Crippen LogP contribution in [0.25, 0.3) is 11.1 Å². The van der Waals surface area contributed by atoms with E-state index in [2.05, 4.69) is 29.6 Å². The number of carboxylic acids is 1. The first kappa shape index (κ1) is 22.7. The molecule has 35 heavy (non-hydrogen) atoms. The minimum atomic E-state index is -0.950. The van der Waals surface area contributed by atoms with E-state index in [4.69, 9.17) is 9.84 Å². The molecule has 0 radical (unpaired) electrons. The maximum Gasteiger partial charge on any atom is 0.411 e. The molecule has 2 aliphatic rings. The fourth-order valence-corrected chi connectivity index (χ4v) is 4.73. The standard InChI is InChI=1S/C28H26N2O5/c31-26(32)15-16-30(18-13-14-18)27(33)23-11-5-6-12-25(23)29-28(34)35-17-24-21-9-3-1-7-19(21)20-8-2-4-10-22(20)24/h1-12,18,24H,13-17H2,(H,29,34)(H,31,32). The number of para-hydroxylation sites is 1. The van der Waals surface area contributed by atoms with Gasteiger partial charge in [0.25, 0.3) is 5.91 Å². The van der Waals surface area contributed by atoms with E-state index in [9.17, 15) is 14.4 Å². The second-order valence-electron chi connectivity index (χ2n) is 8.87. The Morgan fingerprint density at radius 3 is 2.11 bits per heavy atom. The molecule has 3 aromatic rings. The van der Waals surface area contributed by atoms with Gasteiger partial charge < -0.3 is 14.7 Å². The molecular weight excluding hydrogens is 444 g/mol. The maximum atomic E-state index is 13.2. The number of anilines is 1. The zero-order valence-corrected chi connectivity index (χ0v) is 19.1. The summed E-state index contributed by atoms with van der Waals surface area (Å²) in [5, 5.41) is 11.8. The number of carbonyl (C=O) groups excluding carboxylic acids is 2. The SMILES string of the molecule is O=C(O)CCN(C(=O)c1ccccc1NC(=O)OCC1c2ccccc2-c2ccccc21)C1CC1. The summed E-state index contributed by atoms with van der Waals surface area (Å²) in [4.78, 5) is 38.6. The molecule has 7 nitrogen and oxygen atoms in total. The van der Waals surface area contributed by atoms with E-state index in [-0.39, 0.29) is 37.4 Å². The summed E-state index contributed by atoms with van der Waals surface area (Å²) in [6.07, 6.45) is 0.945. The number of hydrogen-bond donors (Lipinski definition) is 2. The van der Waals surface area contributed by atoms with Gasteiger partial charge in [-0.05, 0) is 47.2 Å². The molecule has 0 aliphatic heterocycles. The maximum absolute atomic E-state index is 13.2. The van der Waals surface area contributed by atoms with E-state index in [1.165, 1.54) is 0 Å². The number of nitrogens with one attached hydrogen (secondary N) is 1. The van der Waals surface area contributed by atoms with Gasteiger partial charge in [0.15, 0.2) is 0 Å². The van der Waals surface area contributed by atoms with E-state index in [1.54, 1.807) is 29.2 Å². The second kappa shape index (κ2) is 9.62. The van der Waals surface area contributed by atoms with Crippen LogP contribution < -0.4 is 5.32 Å². The molecule has 1 saturated carbocycles. The van der Waals surface area contributed by atoms with E-state index in [0.717, 1.165) is 35.1 Å². The summed E-state index contributed by atoms with van der Waals surface area (Å²) in [5.74, 6) is -1.30. The van der Waals surface area contributed by atoms with Gasteiger partial charge in [0, 0.05) is 18.5 Å². The number of rotatable bonds is 8. The first-order valence-corrected chi connectivity index (χ1v) is 11.8. The van der Waals surface area contributed by atoms with Crippen LogP contribution >= 0.6 is 0 Å². The lowest BCUT2D eigenvalue weighted by Gasteiger charge is -2.23. The van der Waals surface area contributed by atoms with Gasteiger partial charge in [-0.25, -0.2) is 4.79 Å². The van der Waals surface area contributed by atoms with Crippen molar-refractivity contribution in [2.75, 3.05) is 18.5 Å². The summed E-state index contributed by atoms with van der Waals surface area (Å²) in [5.41, 5.74) is 5.20. The summed E-state index contributed by atoms with van der Waals surface area (Å²) in [6, 6.07) is 23.0. The third kappa shape index (κ3) is 4.75. The minimum absolute atomic E-state index is 0.0457. The van der Waals surface area contributed by atoms with E-state index in [1.807, 2.05) is 24.3 Å². The smallest absolute Gasteiger partial charge is 0.411 e. The van der Waals surface area contributed by atoms with Crippen molar-refractivity contribution in [3.63, 3.8) is 0 Å². The molecule has 0 spiro atoms. The highest BCUT2D eigenvalue weighted by Crippen LogP contribution is 2.44. The van der Waals surface area contributed by atoms with Crippen molar-refractivity contribution in [1.82, 2.24) is 4.90 Å². The van der Waals surface area contributed by atoms with Gasteiger partial charge >= 0.3 is 12.1 Å². The lowest BCUT2D eigenvalue weighted by molar-refractivity contribution is -0.137. The molecule has 5 rings (SSSR count). The third-order valence-electron chi connectivity index (χ3n) is 6.55. The molecule has 1 fully saturated rings.